The Bertz CT molecular complexity index is 606. The highest BCUT2D eigenvalue weighted by atomic mass is 35.5. The summed E-state index contributed by atoms with van der Waals surface area (Å²) in [6, 6.07) is 5.78. The lowest BCUT2D eigenvalue weighted by atomic mass is 10.1. The number of rotatable bonds is 15. The predicted molar refractivity (Wildman–Crippen MR) is 128 cm³/mol. The number of halogens is 1. The molecule has 0 aliphatic heterocycles. The fraction of sp³-hybridized carbons (Fsp3) is 0.750. The Morgan fingerprint density at radius 1 is 0.767 bits per heavy atom. The number of alkyl halides is 1. The van der Waals surface area contributed by atoms with Crippen LogP contribution in [0.1, 0.15) is 84.1 Å². The molecule has 30 heavy (non-hydrogen) atoms. The molecule has 0 unspecified atom stereocenters. The van der Waals surface area contributed by atoms with Crippen LogP contribution in [0.3, 0.4) is 0 Å². The van der Waals surface area contributed by atoms with Crippen molar-refractivity contribution in [3.05, 3.63) is 29.8 Å². The molecule has 1 rings (SSSR count). The van der Waals surface area contributed by atoms with E-state index >= 15 is 0 Å². The van der Waals surface area contributed by atoms with E-state index in [2.05, 4.69) is 20.8 Å². The van der Waals surface area contributed by atoms with Crippen LogP contribution in [0.4, 0.5) is 0 Å². The highest BCUT2D eigenvalue weighted by Crippen LogP contribution is 2.16. The van der Waals surface area contributed by atoms with Crippen molar-refractivity contribution in [1.29, 1.82) is 0 Å². The summed E-state index contributed by atoms with van der Waals surface area (Å²) < 4.78 is 32.5. The highest BCUT2D eigenvalue weighted by molar-refractivity contribution is 7.85. The van der Waals surface area contributed by atoms with Crippen LogP contribution < -0.4 is 0 Å². The molecule has 0 fully saturated rings. The van der Waals surface area contributed by atoms with Crippen LogP contribution >= 0.6 is 11.6 Å². The molecule has 0 aromatic heterocycles. The standard InChI is InChI=1S/C17H37ClN.C7H8O3S/c1-4-7-10-14-19(17-13-18,15-11-8-5-2)16-12-9-6-3;1-6-2-4-7(5-3-6)11(8,9)10/h4-17H2,1-3H3;2-5H,1H3,(H,8,9,10)/q+1;/p-1. The normalized spacial score (nSPS) is 11.8. The first kappa shape index (κ1) is 29.4. The van der Waals surface area contributed by atoms with Gasteiger partial charge in [0.2, 0.25) is 0 Å². The molecular formula is C24H44ClNO3S. The third-order valence-corrected chi connectivity index (χ3v) is 6.60. The van der Waals surface area contributed by atoms with E-state index in [4.69, 9.17) is 11.6 Å². The van der Waals surface area contributed by atoms with Crippen LogP contribution in [-0.4, -0.2) is 49.5 Å². The second-order valence-corrected chi connectivity index (χ2v) is 10.1. The number of aryl methyl sites for hydroxylation is 1. The zero-order chi connectivity index (χ0) is 22.9. The van der Waals surface area contributed by atoms with Crippen molar-refractivity contribution in [1.82, 2.24) is 0 Å². The monoisotopic (exact) mass is 461 g/mol. The van der Waals surface area contributed by atoms with Crippen LogP contribution in [0, 0.1) is 6.92 Å². The molecule has 0 aliphatic rings. The number of hydrogen-bond donors (Lipinski definition) is 0. The van der Waals surface area contributed by atoms with E-state index in [1.807, 2.05) is 6.92 Å². The Hall–Kier alpha value is -0.620. The Balaban J connectivity index is 0.000000642. The quantitative estimate of drug-likeness (QED) is 0.129. The van der Waals surface area contributed by atoms with Gasteiger partial charge in [0.1, 0.15) is 10.1 Å². The minimum Gasteiger partial charge on any atom is -0.744 e. The highest BCUT2D eigenvalue weighted by Gasteiger charge is 2.25. The van der Waals surface area contributed by atoms with Crippen molar-refractivity contribution in [3.8, 4) is 0 Å². The maximum absolute atomic E-state index is 10.4. The second-order valence-electron chi connectivity index (χ2n) is 8.31. The third kappa shape index (κ3) is 13.6. The summed E-state index contributed by atoms with van der Waals surface area (Å²) in [5, 5.41) is 0. The molecule has 0 N–H and O–H groups in total. The summed E-state index contributed by atoms with van der Waals surface area (Å²) in [4.78, 5) is -0.178. The fourth-order valence-electron chi connectivity index (χ4n) is 3.65. The molecule has 0 bridgehead atoms. The summed E-state index contributed by atoms with van der Waals surface area (Å²) in [5.74, 6) is 0.824. The third-order valence-electron chi connectivity index (χ3n) is 5.58. The molecular weight excluding hydrogens is 418 g/mol. The van der Waals surface area contributed by atoms with Crippen LogP contribution in [-0.2, 0) is 10.1 Å². The van der Waals surface area contributed by atoms with Crippen molar-refractivity contribution in [2.45, 2.75) is 90.4 Å². The maximum atomic E-state index is 10.4. The van der Waals surface area contributed by atoms with Gasteiger partial charge in [-0.15, -0.1) is 11.6 Å². The molecule has 0 atom stereocenters. The molecule has 0 radical (unpaired) electrons. The average Bonchev–Trinajstić information content (AvgIpc) is 2.69. The van der Waals surface area contributed by atoms with Crippen molar-refractivity contribution < 1.29 is 17.5 Å². The number of hydrogen-bond acceptors (Lipinski definition) is 3. The summed E-state index contributed by atoms with van der Waals surface area (Å²) in [6.45, 7) is 14.0. The zero-order valence-electron chi connectivity index (χ0n) is 19.7. The molecule has 0 saturated heterocycles. The van der Waals surface area contributed by atoms with Crippen molar-refractivity contribution in [3.63, 3.8) is 0 Å². The first-order valence-electron chi connectivity index (χ1n) is 11.7. The van der Waals surface area contributed by atoms with Gasteiger partial charge in [0, 0.05) is 0 Å². The molecule has 0 saturated carbocycles. The predicted octanol–water partition coefficient (Wildman–Crippen LogP) is 6.51. The Kier molecular flexibility index (Phi) is 16.6. The van der Waals surface area contributed by atoms with Crippen LogP contribution in [0.15, 0.2) is 29.2 Å². The van der Waals surface area contributed by atoms with E-state index in [-0.39, 0.29) is 4.90 Å². The summed E-state index contributed by atoms with van der Waals surface area (Å²) in [5.41, 5.74) is 0.928. The van der Waals surface area contributed by atoms with Gasteiger partial charge >= 0.3 is 0 Å². The van der Waals surface area contributed by atoms with Gasteiger partial charge in [0.25, 0.3) is 0 Å². The fourth-order valence-corrected chi connectivity index (χ4v) is 4.47. The minimum absolute atomic E-state index is 0.178. The van der Waals surface area contributed by atoms with Gasteiger partial charge in [-0.2, -0.15) is 0 Å². The van der Waals surface area contributed by atoms with Gasteiger partial charge in [-0.25, -0.2) is 8.42 Å². The average molecular weight is 462 g/mol. The number of nitrogens with zero attached hydrogens (tertiary/aromatic N) is 1. The number of quaternary nitrogens is 1. The van der Waals surface area contributed by atoms with Crippen molar-refractivity contribution in [2.75, 3.05) is 32.1 Å². The van der Waals surface area contributed by atoms with Crippen LogP contribution in [0.5, 0.6) is 0 Å². The number of benzene rings is 1. The van der Waals surface area contributed by atoms with Gasteiger partial charge in [-0.3, -0.25) is 0 Å². The Morgan fingerprint density at radius 2 is 1.17 bits per heavy atom. The van der Waals surface area contributed by atoms with Crippen LogP contribution in [0.25, 0.3) is 0 Å². The lowest BCUT2D eigenvalue weighted by Crippen LogP contribution is -2.51. The van der Waals surface area contributed by atoms with E-state index in [0.717, 1.165) is 11.4 Å². The van der Waals surface area contributed by atoms with E-state index in [1.54, 1.807) is 12.1 Å². The van der Waals surface area contributed by atoms with Gasteiger partial charge in [-0.05, 0) is 57.6 Å². The van der Waals surface area contributed by atoms with Crippen molar-refractivity contribution >= 4 is 21.7 Å². The molecule has 4 nitrogen and oxygen atoms in total. The lowest BCUT2D eigenvalue weighted by Gasteiger charge is -2.39. The van der Waals surface area contributed by atoms with Crippen molar-refractivity contribution in [2.24, 2.45) is 0 Å². The Morgan fingerprint density at radius 3 is 1.47 bits per heavy atom. The largest absolute Gasteiger partial charge is 0.744 e. The topological polar surface area (TPSA) is 57.2 Å². The van der Waals surface area contributed by atoms with E-state index in [0.29, 0.717) is 0 Å². The van der Waals surface area contributed by atoms with Gasteiger partial charge in [0.05, 0.1) is 37.0 Å². The zero-order valence-corrected chi connectivity index (χ0v) is 21.2. The molecule has 1 aromatic carbocycles. The maximum Gasteiger partial charge on any atom is 0.124 e. The van der Waals surface area contributed by atoms with Gasteiger partial charge < -0.3 is 9.04 Å². The Labute approximate surface area is 191 Å². The molecule has 0 heterocycles. The minimum atomic E-state index is -4.27. The lowest BCUT2D eigenvalue weighted by molar-refractivity contribution is -0.926. The van der Waals surface area contributed by atoms with E-state index in [1.165, 1.54) is 101 Å². The molecule has 0 aliphatic carbocycles. The molecule has 6 heteroatoms. The van der Waals surface area contributed by atoms with Gasteiger partial charge in [-0.1, -0.05) is 57.7 Å². The molecule has 0 spiro atoms. The van der Waals surface area contributed by atoms with E-state index in [9.17, 15) is 13.0 Å². The first-order valence-corrected chi connectivity index (χ1v) is 13.6. The molecule has 0 amide bonds. The summed E-state index contributed by atoms with van der Waals surface area (Å²) >= 11 is 6.11. The second kappa shape index (κ2) is 17.0. The molecule has 176 valence electrons. The SMILES string of the molecule is CCCCC[N+](CCCl)(CCCCC)CCCCC.Cc1ccc(S(=O)(=O)[O-])cc1. The first-order chi connectivity index (χ1) is 14.2. The van der Waals surface area contributed by atoms with Gasteiger partial charge in [0.15, 0.2) is 0 Å². The smallest absolute Gasteiger partial charge is 0.124 e. The van der Waals surface area contributed by atoms with E-state index < -0.39 is 10.1 Å². The summed E-state index contributed by atoms with van der Waals surface area (Å²) in [7, 11) is -4.27. The number of unbranched alkanes of at least 4 members (excludes halogenated alkanes) is 6. The summed E-state index contributed by atoms with van der Waals surface area (Å²) in [6.07, 6.45) is 12.3. The molecule has 1 aromatic rings. The van der Waals surface area contributed by atoms with Crippen LogP contribution in [0.2, 0.25) is 0 Å².